The van der Waals surface area contributed by atoms with Crippen LogP contribution < -0.4 is 5.32 Å². The number of benzene rings is 1. The van der Waals surface area contributed by atoms with Crippen LogP contribution in [-0.4, -0.2) is 10.9 Å². The maximum absolute atomic E-state index is 11.9. The molecule has 2 aromatic rings. The molecule has 1 aromatic carbocycles. The number of pyridine rings is 1. The first-order valence-corrected chi connectivity index (χ1v) is 6.80. The number of carbonyl (C=O) groups excluding carboxylic acids is 1. The lowest BCUT2D eigenvalue weighted by atomic mass is 10.2. The topological polar surface area (TPSA) is 65.8 Å². The fourth-order valence-corrected chi connectivity index (χ4v) is 1.76. The van der Waals surface area contributed by atoms with Crippen LogP contribution in [0.15, 0.2) is 72.6 Å². The van der Waals surface area contributed by atoms with Crippen molar-refractivity contribution in [2.24, 2.45) is 0 Å². The van der Waals surface area contributed by atoms with Crippen molar-refractivity contribution in [1.29, 1.82) is 5.26 Å². The number of hydrogen-bond acceptors (Lipinski definition) is 3. The van der Waals surface area contributed by atoms with E-state index in [2.05, 4.69) is 10.3 Å². The highest BCUT2D eigenvalue weighted by molar-refractivity contribution is 5.97. The summed E-state index contributed by atoms with van der Waals surface area (Å²) in [5, 5.41) is 11.8. The van der Waals surface area contributed by atoms with E-state index in [9.17, 15) is 4.79 Å². The summed E-state index contributed by atoms with van der Waals surface area (Å²) in [5.74, 6) is -0.399. The largest absolute Gasteiger partial charge is 0.347 e. The number of amides is 1. The second-order valence-electron chi connectivity index (χ2n) is 4.51. The molecule has 1 heterocycles. The summed E-state index contributed by atoms with van der Waals surface area (Å²) in [6, 6.07) is 15.2. The van der Waals surface area contributed by atoms with Gasteiger partial charge in [-0.2, -0.15) is 5.26 Å². The second-order valence-corrected chi connectivity index (χ2v) is 4.51. The Morgan fingerprint density at radius 2 is 2.05 bits per heavy atom. The average Bonchev–Trinajstić information content (AvgIpc) is 2.58. The van der Waals surface area contributed by atoms with Crippen molar-refractivity contribution in [3.63, 3.8) is 0 Å². The lowest BCUT2D eigenvalue weighted by molar-refractivity contribution is -0.117. The molecule has 0 saturated carbocycles. The predicted octanol–water partition coefficient (Wildman–Crippen LogP) is 2.86. The first-order valence-electron chi connectivity index (χ1n) is 6.80. The molecule has 1 N–H and O–H groups in total. The quantitative estimate of drug-likeness (QED) is 0.523. The van der Waals surface area contributed by atoms with Crippen molar-refractivity contribution in [1.82, 2.24) is 10.3 Å². The van der Waals surface area contributed by atoms with E-state index in [1.165, 1.54) is 6.08 Å². The van der Waals surface area contributed by atoms with Crippen LogP contribution in [0.1, 0.15) is 11.1 Å². The molecule has 22 heavy (non-hydrogen) atoms. The first-order chi connectivity index (χ1) is 10.8. The van der Waals surface area contributed by atoms with Crippen LogP contribution in [0, 0.1) is 11.3 Å². The Hall–Kier alpha value is -3.19. The molecule has 4 heteroatoms. The van der Waals surface area contributed by atoms with E-state index >= 15 is 0 Å². The van der Waals surface area contributed by atoms with Crippen molar-refractivity contribution in [2.75, 3.05) is 0 Å². The molecule has 0 bridgehead atoms. The number of nitrogens with one attached hydrogen (secondary N) is 1. The van der Waals surface area contributed by atoms with Crippen LogP contribution in [0.5, 0.6) is 0 Å². The van der Waals surface area contributed by atoms with E-state index < -0.39 is 5.91 Å². The van der Waals surface area contributed by atoms with Crippen LogP contribution in [0.25, 0.3) is 6.08 Å². The van der Waals surface area contributed by atoms with Crippen LogP contribution >= 0.6 is 0 Å². The van der Waals surface area contributed by atoms with E-state index in [4.69, 9.17) is 5.26 Å². The van der Waals surface area contributed by atoms with Gasteiger partial charge in [0.05, 0.1) is 0 Å². The highest BCUT2D eigenvalue weighted by atomic mass is 16.1. The lowest BCUT2D eigenvalue weighted by Gasteiger charge is -2.03. The zero-order valence-electron chi connectivity index (χ0n) is 11.9. The molecule has 0 atom stereocenters. The minimum absolute atomic E-state index is 0.0658. The summed E-state index contributed by atoms with van der Waals surface area (Å²) >= 11 is 0. The summed E-state index contributed by atoms with van der Waals surface area (Å²) < 4.78 is 0. The summed E-state index contributed by atoms with van der Waals surface area (Å²) in [6.45, 7) is 0.341. The molecular formula is C18H15N3O. The molecule has 1 amide bonds. The van der Waals surface area contributed by atoms with E-state index in [1.807, 2.05) is 48.5 Å². The van der Waals surface area contributed by atoms with E-state index in [1.54, 1.807) is 24.5 Å². The zero-order chi connectivity index (χ0) is 15.6. The average molecular weight is 289 g/mol. The smallest absolute Gasteiger partial charge is 0.262 e. The third kappa shape index (κ3) is 4.73. The van der Waals surface area contributed by atoms with Crippen molar-refractivity contribution in [2.45, 2.75) is 6.54 Å². The molecule has 1 aromatic heterocycles. The van der Waals surface area contributed by atoms with Crippen molar-refractivity contribution in [3.8, 4) is 6.07 Å². The maximum atomic E-state index is 11.9. The number of carbonyl (C=O) groups is 1. The number of rotatable bonds is 5. The molecule has 0 unspecified atom stereocenters. The van der Waals surface area contributed by atoms with Crippen molar-refractivity contribution < 1.29 is 4.79 Å². The van der Waals surface area contributed by atoms with Gasteiger partial charge in [-0.15, -0.1) is 0 Å². The number of nitriles is 1. The van der Waals surface area contributed by atoms with E-state index in [-0.39, 0.29) is 5.57 Å². The van der Waals surface area contributed by atoms with Gasteiger partial charge in [-0.05, 0) is 23.3 Å². The van der Waals surface area contributed by atoms with Crippen LogP contribution in [0.2, 0.25) is 0 Å². The molecule has 0 aliphatic rings. The number of hydrogen-bond donors (Lipinski definition) is 1. The lowest BCUT2D eigenvalue weighted by Crippen LogP contribution is -2.23. The molecule has 0 spiro atoms. The summed E-state index contributed by atoms with van der Waals surface area (Å²) in [4.78, 5) is 15.9. The van der Waals surface area contributed by atoms with Gasteiger partial charge in [-0.1, -0.05) is 48.6 Å². The standard InChI is InChI=1S/C18H15N3O/c19-12-17(10-4-8-15-6-2-1-3-7-15)18(22)21-14-16-9-5-11-20-13-16/h1-11,13H,14H2,(H,21,22)/b8-4+,17-10+. The third-order valence-electron chi connectivity index (χ3n) is 2.89. The molecule has 0 aliphatic heterocycles. The van der Waals surface area contributed by atoms with Gasteiger partial charge < -0.3 is 5.32 Å². The van der Waals surface area contributed by atoms with Crippen LogP contribution in [0.4, 0.5) is 0 Å². The van der Waals surface area contributed by atoms with E-state index in [0.29, 0.717) is 6.54 Å². The molecule has 4 nitrogen and oxygen atoms in total. The van der Waals surface area contributed by atoms with Crippen LogP contribution in [0.3, 0.4) is 0 Å². The Morgan fingerprint density at radius 1 is 1.23 bits per heavy atom. The monoisotopic (exact) mass is 289 g/mol. The Morgan fingerprint density at radius 3 is 2.73 bits per heavy atom. The fraction of sp³-hybridized carbons (Fsp3) is 0.0556. The minimum atomic E-state index is -0.399. The molecule has 108 valence electrons. The number of aromatic nitrogens is 1. The van der Waals surface area contributed by atoms with Gasteiger partial charge in [0.15, 0.2) is 0 Å². The van der Waals surface area contributed by atoms with Gasteiger partial charge in [-0.3, -0.25) is 9.78 Å². The predicted molar refractivity (Wildman–Crippen MR) is 85.3 cm³/mol. The molecular weight excluding hydrogens is 274 g/mol. The molecule has 0 fully saturated rings. The minimum Gasteiger partial charge on any atom is -0.347 e. The molecule has 0 radical (unpaired) electrons. The third-order valence-corrected chi connectivity index (χ3v) is 2.89. The van der Waals surface area contributed by atoms with Crippen molar-refractivity contribution in [3.05, 3.63) is 83.7 Å². The zero-order valence-corrected chi connectivity index (χ0v) is 11.9. The Balaban J connectivity index is 1.95. The Kier molecular flexibility index (Phi) is 5.65. The summed E-state index contributed by atoms with van der Waals surface area (Å²) in [5.41, 5.74) is 1.95. The Labute approximate surface area is 129 Å². The van der Waals surface area contributed by atoms with E-state index in [0.717, 1.165) is 11.1 Å². The van der Waals surface area contributed by atoms with Gasteiger partial charge in [0, 0.05) is 18.9 Å². The maximum Gasteiger partial charge on any atom is 0.262 e. The SMILES string of the molecule is N#C/C(=C\C=C\c1ccccc1)C(=O)NCc1cccnc1. The molecule has 0 aliphatic carbocycles. The van der Waals surface area contributed by atoms with Gasteiger partial charge in [-0.25, -0.2) is 0 Å². The highest BCUT2D eigenvalue weighted by Crippen LogP contribution is 2.03. The van der Waals surface area contributed by atoms with Gasteiger partial charge in [0.25, 0.3) is 5.91 Å². The second kappa shape index (κ2) is 8.18. The van der Waals surface area contributed by atoms with Crippen LogP contribution in [-0.2, 0) is 11.3 Å². The first kappa shape index (κ1) is 15.2. The highest BCUT2D eigenvalue weighted by Gasteiger charge is 2.06. The molecule has 0 saturated heterocycles. The van der Waals surface area contributed by atoms with Gasteiger partial charge >= 0.3 is 0 Å². The number of allylic oxidation sites excluding steroid dienone is 2. The van der Waals surface area contributed by atoms with Gasteiger partial charge in [0.2, 0.25) is 0 Å². The normalized spacial score (nSPS) is 11.1. The Bertz CT molecular complexity index is 713. The van der Waals surface area contributed by atoms with Crippen molar-refractivity contribution >= 4 is 12.0 Å². The van der Waals surface area contributed by atoms with Gasteiger partial charge in [0.1, 0.15) is 11.6 Å². The fourth-order valence-electron chi connectivity index (χ4n) is 1.76. The summed E-state index contributed by atoms with van der Waals surface area (Å²) in [7, 11) is 0. The molecule has 2 rings (SSSR count). The summed E-state index contributed by atoms with van der Waals surface area (Å²) in [6.07, 6.45) is 8.38. The number of nitrogens with zero attached hydrogens (tertiary/aromatic N) is 2.